The van der Waals surface area contributed by atoms with Gasteiger partial charge >= 0.3 is 23.1 Å². The van der Waals surface area contributed by atoms with Gasteiger partial charge in [0, 0.05) is 0 Å². The third-order valence-electron chi connectivity index (χ3n) is 3.50. The van der Waals surface area contributed by atoms with Gasteiger partial charge in [-0.1, -0.05) is 67.1 Å². The van der Waals surface area contributed by atoms with Crippen LogP contribution in [0.5, 0.6) is 0 Å². The Labute approximate surface area is 128 Å². The van der Waals surface area contributed by atoms with Gasteiger partial charge in [0.15, 0.2) is 0 Å². The van der Waals surface area contributed by atoms with Crippen molar-refractivity contribution >= 4 is 29.1 Å². The molecule has 1 aliphatic rings. The molecule has 2 aromatic carbocycles. The predicted octanol–water partition coefficient (Wildman–Crippen LogP) is 4.55. The Hall–Kier alpha value is -1.05. The zero-order valence-electron chi connectivity index (χ0n) is 12.8. The Morgan fingerprint density at radius 2 is 1.78 bits per heavy atom. The first kappa shape index (κ1) is 13.4. The molecule has 3 rings (SSSR count). The van der Waals surface area contributed by atoms with Crippen LogP contribution >= 0.6 is 0 Å². The zero-order chi connectivity index (χ0) is 11.7. The van der Waals surface area contributed by atoms with E-state index in [1.165, 1.54) is 22.3 Å². The molecule has 0 aromatic heterocycles. The van der Waals surface area contributed by atoms with E-state index in [1.54, 1.807) is 5.57 Å². The van der Waals surface area contributed by atoms with Crippen LogP contribution < -0.4 is 0 Å². The summed E-state index contributed by atoms with van der Waals surface area (Å²) in [6.45, 7) is 2.24. The van der Waals surface area contributed by atoms with Crippen molar-refractivity contribution in [2.24, 2.45) is 0 Å². The summed E-state index contributed by atoms with van der Waals surface area (Å²) in [5.74, 6) is 0. The summed E-state index contributed by atoms with van der Waals surface area (Å²) in [5, 5.41) is 0. The van der Waals surface area contributed by atoms with E-state index >= 15 is 0 Å². The first-order valence-corrected chi connectivity index (χ1v) is 6.25. The third kappa shape index (κ3) is 2.38. The van der Waals surface area contributed by atoms with E-state index in [1.807, 2.05) is 0 Å². The molecule has 0 N–H and O–H groups in total. The van der Waals surface area contributed by atoms with E-state index in [4.69, 9.17) is 0 Å². The Morgan fingerprint density at radius 3 is 2.50 bits per heavy atom. The number of allylic oxidation sites excluding steroid dienone is 1. The molecule has 88 valence electrons. The molecular formula is C17H18Mg. The van der Waals surface area contributed by atoms with E-state index in [0.29, 0.717) is 0 Å². The summed E-state index contributed by atoms with van der Waals surface area (Å²) in [6, 6.07) is 17.3. The monoisotopic (exact) mass is 246 g/mol. The van der Waals surface area contributed by atoms with Gasteiger partial charge in [-0.3, -0.25) is 0 Å². The minimum atomic E-state index is 0. The normalized spacial score (nSPS) is 12.6. The van der Waals surface area contributed by atoms with Gasteiger partial charge in [-0.2, -0.15) is 0 Å². The van der Waals surface area contributed by atoms with Crippen molar-refractivity contribution in [3.63, 3.8) is 0 Å². The second kappa shape index (κ2) is 5.72. The second-order valence-corrected chi connectivity index (χ2v) is 4.58. The van der Waals surface area contributed by atoms with Crippen molar-refractivity contribution in [1.29, 1.82) is 0 Å². The maximum absolute atomic E-state index is 2.37. The van der Waals surface area contributed by atoms with Crippen LogP contribution in [0, 0.1) is 0 Å². The van der Waals surface area contributed by atoms with Crippen LogP contribution in [0.15, 0.2) is 54.1 Å². The van der Waals surface area contributed by atoms with Gasteiger partial charge in [0.1, 0.15) is 0 Å². The van der Waals surface area contributed by atoms with Crippen molar-refractivity contribution in [3.05, 3.63) is 65.2 Å². The zero-order valence-corrected chi connectivity index (χ0v) is 12.2. The van der Waals surface area contributed by atoms with E-state index < -0.39 is 0 Å². The van der Waals surface area contributed by atoms with Crippen LogP contribution in [0.1, 0.15) is 27.3 Å². The van der Waals surface area contributed by atoms with Gasteiger partial charge in [0.05, 0.1) is 0 Å². The second-order valence-electron chi connectivity index (χ2n) is 4.58. The Morgan fingerprint density at radius 1 is 1.00 bits per heavy atom. The van der Waals surface area contributed by atoms with Crippen LogP contribution in [0.2, 0.25) is 0 Å². The van der Waals surface area contributed by atoms with Gasteiger partial charge in [-0.05, 0) is 35.1 Å². The summed E-state index contributed by atoms with van der Waals surface area (Å²) < 4.78 is 0. The number of benzene rings is 2. The molecule has 0 saturated heterocycles. The largest absolute Gasteiger partial charge is 2.00 e. The molecule has 0 radical (unpaired) electrons. The Kier molecular flexibility index (Phi) is 4.25. The van der Waals surface area contributed by atoms with Crippen molar-refractivity contribution in [2.75, 3.05) is 0 Å². The number of fused-ring (bicyclic) bond motifs is 1. The van der Waals surface area contributed by atoms with Gasteiger partial charge < -0.3 is 2.85 Å². The third-order valence-corrected chi connectivity index (χ3v) is 3.50. The summed E-state index contributed by atoms with van der Waals surface area (Å²) in [4.78, 5) is 0. The van der Waals surface area contributed by atoms with Crippen LogP contribution in [-0.4, -0.2) is 23.1 Å². The molecule has 0 aliphatic heterocycles. The average Bonchev–Trinajstić information content (AvgIpc) is 2.82. The standard InChI is InChI=1S/C17H16.Mg.2H/c1-2-13-11-15-9-6-10-16(17(15)12-13)14-7-4-3-5-8-14;;;/h3-10,12H,2,11H2,1H3;;;/q;+2;2*-1. The van der Waals surface area contributed by atoms with Gasteiger partial charge in [-0.25, -0.2) is 0 Å². The van der Waals surface area contributed by atoms with E-state index in [-0.39, 0.29) is 25.9 Å². The minimum absolute atomic E-state index is 0. The molecule has 0 atom stereocenters. The van der Waals surface area contributed by atoms with Crippen molar-refractivity contribution < 1.29 is 2.85 Å². The molecule has 0 fully saturated rings. The Bertz CT molecular complexity index is 577. The van der Waals surface area contributed by atoms with Crippen LogP contribution in [-0.2, 0) is 6.42 Å². The fourth-order valence-corrected chi connectivity index (χ4v) is 2.53. The molecule has 0 heterocycles. The molecule has 1 heteroatoms. The first-order valence-electron chi connectivity index (χ1n) is 6.25. The SMILES string of the molecule is CCC1=Cc2c(cccc2-c2ccccc2)C1.[H-].[H-].[Mg+2]. The van der Waals surface area contributed by atoms with Gasteiger partial charge in [0.2, 0.25) is 0 Å². The summed E-state index contributed by atoms with van der Waals surface area (Å²) in [5.41, 5.74) is 7.13. The molecule has 18 heavy (non-hydrogen) atoms. The molecule has 0 nitrogen and oxygen atoms in total. The molecule has 2 aromatic rings. The topological polar surface area (TPSA) is 0 Å². The van der Waals surface area contributed by atoms with Crippen LogP contribution in [0.4, 0.5) is 0 Å². The summed E-state index contributed by atoms with van der Waals surface area (Å²) in [7, 11) is 0. The van der Waals surface area contributed by atoms with E-state index in [2.05, 4.69) is 61.5 Å². The minimum Gasteiger partial charge on any atom is -1.00 e. The maximum atomic E-state index is 2.37. The Balaban J connectivity index is 0.00000120. The molecule has 0 unspecified atom stereocenters. The molecular weight excluding hydrogens is 228 g/mol. The molecule has 0 bridgehead atoms. The van der Waals surface area contributed by atoms with Crippen molar-refractivity contribution in [3.8, 4) is 11.1 Å². The van der Waals surface area contributed by atoms with Crippen LogP contribution in [0.3, 0.4) is 0 Å². The van der Waals surface area contributed by atoms with E-state index in [9.17, 15) is 0 Å². The fraction of sp³-hybridized carbons (Fsp3) is 0.176. The maximum Gasteiger partial charge on any atom is 2.00 e. The van der Waals surface area contributed by atoms with Crippen molar-refractivity contribution in [1.82, 2.24) is 0 Å². The van der Waals surface area contributed by atoms with Gasteiger partial charge in [0.25, 0.3) is 0 Å². The number of rotatable bonds is 2. The average molecular weight is 247 g/mol. The first-order chi connectivity index (χ1) is 8.38. The molecule has 0 saturated carbocycles. The molecule has 1 aliphatic carbocycles. The number of hydrogen-bond acceptors (Lipinski definition) is 0. The van der Waals surface area contributed by atoms with Gasteiger partial charge in [-0.15, -0.1) is 0 Å². The smallest absolute Gasteiger partial charge is 1.00 e. The van der Waals surface area contributed by atoms with Crippen molar-refractivity contribution in [2.45, 2.75) is 19.8 Å². The molecule has 0 spiro atoms. The fourth-order valence-electron chi connectivity index (χ4n) is 2.53. The number of hydrogen-bond donors (Lipinski definition) is 0. The van der Waals surface area contributed by atoms with E-state index in [0.717, 1.165) is 12.8 Å². The quantitative estimate of drug-likeness (QED) is 0.682. The summed E-state index contributed by atoms with van der Waals surface area (Å²) >= 11 is 0. The molecule has 0 amide bonds. The predicted molar refractivity (Wildman–Crippen MR) is 81.8 cm³/mol. The summed E-state index contributed by atoms with van der Waals surface area (Å²) in [6.07, 6.45) is 4.66. The van der Waals surface area contributed by atoms with Crippen LogP contribution in [0.25, 0.3) is 17.2 Å².